The monoisotopic (exact) mass is 381 g/mol. The third kappa shape index (κ3) is 3.60. The molecule has 2 aromatic carbocycles. The van der Waals surface area contributed by atoms with Crippen LogP contribution in [0.25, 0.3) is 0 Å². The zero-order valence-electron chi connectivity index (χ0n) is 15.7. The lowest BCUT2D eigenvalue weighted by Gasteiger charge is -2.26. The summed E-state index contributed by atoms with van der Waals surface area (Å²) in [6, 6.07) is 12.9. The number of carbonyl (C=O) groups excluding carboxylic acids is 2. The van der Waals surface area contributed by atoms with Crippen LogP contribution in [0.4, 0.5) is 10.5 Å². The van der Waals surface area contributed by atoms with Crippen molar-refractivity contribution < 1.29 is 19.1 Å². The molecule has 7 nitrogen and oxygen atoms in total. The van der Waals surface area contributed by atoms with Crippen LogP contribution in [0.15, 0.2) is 42.5 Å². The second-order valence-electron chi connectivity index (χ2n) is 6.97. The third-order valence-corrected chi connectivity index (χ3v) is 5.08. The van der Waals surface area contributed by atoms with E-state index in [0.717, 1.165) is 29.2 Å². The number of carbonyl (C=O) groups is 2. The summed E-state index contributed by atoms with van der Waals surface area (Å²) in [5, 5.41) is 5.75. The van der Waals surface area contributed by atoms with E-state index in [-0.39, 0.29) is 17.9 Å². The molecule has 1 fully saturated rings. The maximum atomic E-state index is 12.6. The van der Waals surface area contributed by atoms with Gasteiger partial charge in [-0.15, -0.1) is 0 Å². The molecule has 2 aliphatic rings. The number of methoxy groups -OCH3 is 1. The van der Waals surface area contributed by atoms with Crippen LogP contribution in [0.1, 0.15) is 15.9 Å². The first-order chi connectivity index (χ1) is 13.7. The molecule has 0 bridgehead atoms. The number of nitrogens with zero attached hydrogens (tertiary/aromatic N) is 1. The van der Waals surface area contributed by atoms with E-state index in [2.05, 4.69) is 10.6 Å². The van der Waals surface area contributed by atoms with Gasteiger partial charge in [0.05, 0.1) is 13.7 Å². The Balaban J connectivity index is 1.38. The van der Waals surface area contributed by atoms with E-state index >= 15 is 0 Å². The van der Waals surface area contributed by atoms with Crippen LogP contribution in [0.2, 0.25) is 0 Å². The van der Waals surface area contributed by atoms with Crippen molar-refractivity contribution in [3.05, 3.63) is 53.6 Å². The molecule has 3 amide bonds. The van der Waals surface area contributed by atoms with Crippen LogP contribution in [0.3, 0.4) is 0 Å². The summed E-state index contributed by atoms with van der Waals surface area (Å²) in [6.45, 7) is 2.26. The van der Waals surface area contributed by atoms with E-state index in [0.29, 0.717) is 31.8 Å². The number of hydrogen-bond acceptors (Lipinski definition) is 4. The first kappa shape index (κ1) is 18.2. The molecule has 0 radical (unpaired) electrons. The van der Waals surface area contributed by atoms with E-state index in [9.17, 15) is 9.59 Å². The first-order valence-electron chi connectivity index (χ1n) is 9.38. The van der Waals surface area contributed by atoms with Crippen molar-refractivity contribution in [1.29, 1.82) is 0 Å². The van der Waals surface area contributed by atoms with Gasteiger partial charge in [0.1, 0.15) is 0 Å². The number of ether oxygens (including phenoxy) is 2. The van der Waals surface area contributed by atoms with Crippen LogP contribution < -0.4 is 25.0 Å². The van der Waals surface area contributed by atoms with Crippen LogP contribution in [-0.2, 0) is 6.42 Å². The fourth-order valence-electron chi connectivity index (χ4n) is 3.62. The van der Waals surface area contributed by atoms with Gasteiger partial charge in [-0.3, -0.25) is 9.69 Å². The van der Waals surface area contributed by atoms with Gasteiger partial charge in [0.25, 0.3) is 5.91 Å². The number of para-hydroxylation sites is 1. The number of hydrogen-bond donors (Lipinski definition) is 2. The van der Waals surface area contributed by atoms with Crippen LogP contribution in [0, 0.1) is 5.92 Å². The van der Waals surface area contributed by atoms with E-state index in [1.807, 2.05) is 24.3 Å². The molecule has 0 aromatic heterocycles. The van der Waals surface area contributed by atoms with Gasteiger partial charge in [-0.25, -0.2) is 4.79 Å². The minimum absolute atomic E-state index is 0.133. The summed E-state index contributed by atoms with van der Waals surface area (Å²) in [7, 11) is 1.63. The highest BCUT2D eigenvalue weighted by Crippen LogP contribution is 2.35. The van der Waals surface area contributed by atoms with E-state index in [4.69, 9.17) is 9.47 Å². The van der Waals surface area contributed by atoms with Gasteiger partial charge in [0.15, 0.2) is 11.5 Å². The molecule has 2 N–H and O–H groups in total. The molecule has 1 atom stereocenters. The maximum Gasteiger partial charge on any atom is 0.321 e. The quantitative estimate of drug-likeness (QED) is 0.832. The largest absolute Gasteiger partial charge is 0.493 e. The maximum absolute atomic E-state index is 12.6. The standard InChI is InChI=1S/C21H23N3O4/c1-27-18-7-3-4-15-10-14(13-28-19(15)18)12-23-20(25)16-5-2-6-17(11-16)24-9-8-22-21(24)26/h2-7,11,14H,8-10,12-13H2,1H3,(H,22,26)(H,23,25)/t14-/m0/s1. The Hall–Kier alpha value is -3.22. The van der Waals surface area contributed by atoms with Crippen LogP contribution in [0.5, 0.6) is 11.5 Å². The Morgan fingerprint density at radius 2 is 2.18 bits per heavy atom. The number of nitrogens with one attached hydrogen (secondary N) is 2. The number of benzene rings is 2. The van der Waals surface area contributed by atoms with Gasteiger partial charge in [-0.2, -0.15) is 0 Å². The average Bonchev–Trinajstić information content (AvgIpc) is 3.17. The molecule has 0 saturated carbocycles. The number of amides is 3. The average molecular weight is 381 g/mol. The van der Waals surface area contributed by atoms with Gasteiger partial charge in [-0.05, 0) is 36.2 Å². The molecule has 4 rings (SSSR count). The molecule has 2 aliphatic heterocycles. The predicted octanol–water partition coefficient (Wildman–Crippen LogP) is 2.21. The summed E-state index contributed by atoms with van der Waals surface area (Å²) >= 11 is 0. The van der Waals surface area contributed by atoms with Crippen molar-refractivity contribution in [2.75, 3.05) is 38.3 Å². The fourth-order valence-corrected chi connectivity index (χ4v) is 3.62. The number of fused-ring (bicyclic) bond motifs is 1. The predicted molar refractivity (Wildman–Crippen MR) is 105 cm³/mol. The molecule has 2 heterocycles. The highest BCUT2D eigenvalue weighted by molar-refractivity contribution is 5.98. The molecule has 28 heavy (non-hydrogen) atoms. The van der Waals surface area contributed by atoms with Crippen LogP contribution in [-0.4, -0.2) is 45.3 Å². The molecule has 7 heteroatoms. The van der Waals surface area contributed by atoms with E-state index in [1.54, 1.807) is 30.2 Å². The summed E-state index contributed by atoms with van der Waals surface area (Å²) in [5.41, 5.74) is 2.35. The van der Waals surface area contributed by atoms with Crippen LogP contribution >= 0.6 is 0 Å². The van der Waals surface area contributed by atoms with Crippen molar-refractivity contribution in [3.8, 4) is 11.5 Å². The molecular weight excluding hydrogens is 358 g/mol. The van der Waals surface area contributed by atoms with E-state index in [1.165, 1.54) is 0 Å². The topological polar surface area (TPSA) is 79.9 Å². The minimum Gasteiger partial charge on any atom is -0.493 e. The SMILES string of the molecule is COc1cccc2c1OC[C@H](CNC(=O)c1cccc(N3CCNC3=O)c1)C2. The lowest BCUT2D eigenvalue weighted by atomic mass is 9.96. The minimum atomic E-state index is -0.155. The summed E-state index contributed by atoms with van der Waals surface area (Å²) in [5.74, 6) is 1.57. The normalized spacial score (nSPS) is 18.1. The molecule has 0 spiro atoms. The zero-order chi connectivity index (χ0) is 19.5. The van der Waals surface area contributed by atoms with Gasteiger partial charge in [-0.1, -0.05) is 18.2 Å². The Kier molecular flexibility index (Phi) is 5.06. The highest BCUT2D eigenvalue weighted by Gasteiger charge is 2.24. The fraction of sp³-hybridized carbons (Fsp3) is 0.333. The highest BCUT2D eigenvalue weighted by atomic mass is 16.5. The van der Waals surface area contributed by atoms with E-state index < -0.39 is 0 Å². The second kappa shape index (κ2) is 7.80. The smallest absolute Gasteiger partial charge is 0.321 e. The second-order valence-corrected chi connectivity index (χ2v) is 6.97. The van der Waals surface area contributed by atoms with Gasteiger partial charge in [0, 0.05) is 36.8 Å². The lowest BCUT2D eigenvalue weighted by Crippen LogP contribution is -2.35. The van der Waals surface area contributed by atoms with Crippen molar-refractivity contribution in [1.82, 2.24) is 10.6 Å². The Labute approximate surface area is 163 Å². The summed E-state index contributed by atoms with van der Waals surface area (Å²) in [4.78, 5) is 26.1. The van der Waals surface area contributed by atoms with Crippen molar-refractivity contribution in [2.45, 2.75) is 6.42 Å². The Morgan fingerprint density at radius 1 is 1.32 bits per heavy atom. The van der Waals surface area contributed by atoms with Crippen molar-refractivity contribution >= 4 is 17.6 Å². The number of urea groups is 1. The summed E-state index contributed by atoms with van der Waals surface area (Å²) < 4.78 is 11.2. The Morgan fingerprint density at radius 3 is 2.96 bits per heavy atom. The van der Waals surface area contributed by atoms with Gasteiger partial charge < -0.3 is 20.1 Å². The third-order valence-electron chi connectivity index (χ3n) is 5.08. The molecule has 0 unspecified atom stereocenters. The Bertz CT molecular complexity index is 899. The van der Waals surface area contributed by atoms with Crippen molar-refractivity contribution in [2.24, 2.45) is 5.92 Å². The molecular formula is C21H23N3O4. The molecule has 146 valence electrons. The number of anilines is 1. The number of rotatable bonds is 5. The summed E-state index contributed by atoms with van der Waals surface area (Å²) in [6.07, 6.45) is 0.820. The molecule has 2 aromatic rings. The van der Waals surface area contributed by atoms with Crippen molar-refractivity contribution in [3.63, 3.8) is 0 Å². The first-order valence-corrected chi connectivity index (χ1v) is 9.38. The molecule has 0 aliphatic carbocycles. The molecule has 1 saturated heterocycles. The zero-order valence-corrected chi connectivity index (χ0v) is 15.7. The van der Waals surface area contributed by atoms with Gasteiger partial charge >= 0.3 is 6.03 Å². The lowest BCUT2D eigenvalue weighted by molar-refractivity contribution is 0.0938. The van der Waals surface area contributed by atoms with Gasteiger partial charge in [0.2, 0.25) is 0 Å².